The lowest BCUT2D eigenvalue weighted by atomic mass is 10.1. The van der Waals surface area contributed by atoms with Gasteiger partial charge in [0.05, 0.1) is 0 Å². The van der Waals surface area contributed by atoms with Gasteiger partial charge in [0.15, 0.2) is 0 Å². The summed E-state index contributed by atoms with van der Waals surface area (Å²) in [5.74, 6) is 0.553. The highest BCUT2D eigenvalue weighted by molar-refractivity contribution is 5.22. The van der Waals surface area contributed by atoms with Gasteiger partial charge in [-0.2, -0.15) is 0 Å². The zero-order chi connectivity index (χ0) is 12.8. The maximum atomic E-state index is 12.9. The number of nitrogens with one attached hydrogen (secondary N) is 1. The van der Waals surface area contributed by atoms with Gasteiger partial charge in [-0.1, -0.05) is 19.8 Å². The van der Waals surface area contributed by atoms with Crippen LogP contribution in [0.3, 0.4) is 0 Å². The Labute approximate surface area is 109 Å². The van der Waals surface area contributed by atoms with Gasteiger partial charge >= 0.3 is 0 Å². The van der Waals surface area contributed by atoms with E-state index in [0.29, 0.717) is 6.04 Å². The minimum absolute atomic E-state index is 0.206. The molecule has 1 aromatic carbocycles. The van der Waals surface area contributed by atoms with Crippen molar-refractivity contribution >= 4 is 0 Å². The third kappa shape index (κ3) is 3.70. The van der Waals surface area contributed by atoms with E-state index >= 15 is 0 Å². The maximum absolute atomic E-state index is 12.9. The first-order valence-electron chi connectivity index (χ1n) is 6.95. The number of rotatable bonds is 4. The molecule has 2 atom stereocenters. The van der Waals surface area contributed by atoms with Gasteiger partial charge in [0, 0.05) is 6.04 Å². The van der Waals surface area contributed by atoms with Crippen LogP contribution in [0.4, 0.5) is 4.39 Å². The van der Waals surface area contributed by atoms with Crippen LogP contribution in [0, 0.1) is 5.82 Å². The predicted molar refractivity (Wildman–Crippen MR) is 71.4 cm³/mol. The van der Waals surface area contributed by atoms with Gasteiger partial charge in [-0.25, -0.2) is 4.39 Å². The van der Waals surface area contributed by atoms with Crippen LogP contribution in [-0.2, 0) is 0 Å². The van der Waals surface area contributed by atoms with Crippen molar-refractivity contribution < 1.29 is 9.13 Å². The van der Waals surface area contributed by atoms with Crippen LogP contribution in [0.25, 0.3) is 0 Å². The molecule has 0 aromatic heterocycles. The number of likely N-dealkylation sites (N-methyl/N-ethyl adjacent to an activating group) is 1. The van der Waals surface area contributed by atoms with Crippen molar-refractivity contribution in [3.8, 4) is 5.75 Å². The third-order valence-corrected chi connectivity index (χ3v) is 3.52. The molecule has 0 amide bonds. The summed E-state index contributed by atoms with van der Waals surface area (Å²) in [7, 11) is 0. The predicted octanol–water partition coefficient (Wildman–Crippen LogP) is 3.52. The van der Waals surface area contributed by atoms with Crippen molar-refractivity contribution in [2.45, 2.75) is 51.2 Å². The summed E-state index contributed by atoms with van der Waals surface area (Å²) in [5, 5.41) is 3.51. The van der Waals surface area contributed by atoms with Gasteiger partial charge in [0.1, 0.15) is 17.7 Å². The Kier molecular flexibility index (Phi) is 5.00. The molecular weight excluding hydrogens is 229 g/mol. The summed E-state index contributed by atoms with van der Waals surface area (Å²) >= 11 is 0. The van der Waals surface area contributed by atoms with Crippen LogP contribution in [0.15, 0.2) is 24.3 Å². The summed E-state index contributed by atoms with van der Waals surface area (Å²) in [6.07, 6.45) is 6.21. The topological polar surface area (TPSA) is 21.3 Å². The second-order valence-electron chi connectivity index (χ2n) is 4.91. The van der Waals surface area contributed by atoms with Gasteiger partial charge in [0.25, 0.3) is 0 Å². The van der Waals surface area contributed by atoms with E-state index in [-0.39, 0.29) is 11.9 Å². The molecule has 100 valence electrons. The van der Waals surface area contributed by atoms with Gasteiger partial charge in [0.2, 0.25) is 0 Å². The second-order valence-corrected chi connectivity index (χ2v) is 4.91. The Balaban J connectivity index is 2.01. The van der Waals surface area contributed by atoms with Crippen LogP contribution in [0.2, 0.25) is 0 Å². The Morgan fingerprint density at radius 2 is 1.89 bits per heavy atom. The summed E-state index contributed by atoms with van der Waals surface area (Å²) < 4.78 is 18.9. The molecular formula is C15H22FNO. The Hall–Kier alpha value is -1.09. The minimum Gasteiger partial charge on any atom is -0.489 e. The van der Waals surface area contributed by atoms with E-state index in [1.807, 2.05) is 0 Å². The highest BCUT2D eigenvalue weighted by atomic mass is 19.1. The van der Waals surface area contributed by atoms with Crippen LogP contribution in [-0.4, -0.2) is 18.7 Å². The van der Waals surface area contributed by atoms with E-state index in [2.05, 4.69) is 12.2 Å². The zero-order valence-electron chi connectivity index (χ0n) is 11.0. The molecule has 2 rings (SSSR count). The monoisotopic (exact) mass is 251 g/mol. The van der Waals surface area contributed by atoms with Crippen molar-refractivity contribution in [2.75, 3.05) is 6.54 Å². The van der Waals surface area contributed by atoms with E-state index in [9.17, 15) is 4.39 Å². The van der Waals surface area contributed by atoms with Crippen molar-refractivity contribution in [3.05, 3.63) is 30.1 Å². The maximum Gasteiger partial charge on any atom is 0.123 e. The van der Waals surface area contributed by atoms with E-state index in [0.717, 1.165) is 18.7 Å². The lowest BCUT2D eigenvalue weighted by Crippen LogP contribution is -2.42. The summed E-state index contributed by atoms with van der Waals surface area (Å²) in [5.41, 5.74) is 0. The molecule has 0 aliphatic heterocycles. The first-order valence-corrected chi connectivity index (χ1v) is 6.95. The Morgan fingerprint density at radius 1 is 1.17 bits per heavy atom. The molecule has 2 nitrogen and oxygen atoms in total. The Morgan fingerprint density at radius 3 is 2.61 bits per heavy atom. The molecule has 0 bridgehead atoms. The molecule has 2 unspecified atom stereocenters. The number of benzene rings is 1. The van der Waals surface area contributed by atoms with Crippen molar-refractivity contribution in [1.82, 2.24) is 5.32 Å². The largest absolute Gasteiger partial charge is 0.489 e. The molecule has 1 aliphatic carbocycles. The molecule has 0 spiro atoms. The molecule has 1 saturated carbocycles. The molecule has 0 radical (unpaired) electrons. The molecule has 1 aliphatic rings. The lowest BCUT2D eigenvalue weighted by molar-refractivity contribution is 0.145. The molecule has 18 heavy (non-hydrogen) atoms. The van der Waals surface area contributed by atoms with Crippen LogP contribution >= 0.6 is 0 Å². The third-order valence-electron chi connectivity index (χ3n) is 3.52. The molecule has 1 N–H and O–H groups in total. The fourth-order valence-corrected chi connectivity index (χ4v) is 2.60. The number of ether oxygens (including phenoxy) is 1. The highest BCUT2D eigenvalue weighted by Gasteiger charge is 2.24. The molecule has 1 fully saturated rings. The average Bonchev–Trinajstić information content (AvgIpc) is 2.59. The van der Waals surface area contributed by atoms with Gasteiger partial charge in [-0.3, -0.25) is 0 Å². The minimum atomic E-state index is -0.216. The number of halogens is 1. The number of hydrogen-bond acceptors (Lipinski definition) is 2. The van der Waals surface area contributed by atoms with Crippen molar-refractivity contribution in [1.29, 1.82) is 0 Å². The van der Waals surface area contributed by atoms with Crippen LogP contribution < -0.4 is 10.1 Å². The molecule has 3 heteroatoms. The smallest absolute Gasteiger partial charge is 0.123 e. The fraction of sp³-hybridized carbons (Fsp3) is 0.600. The van der Waals surface area contributed by atoms with E-state index in [1.54, 1.807) is 12.1 Å². The van der Waals surface area contributed by atoms with E-state index in [1.165, 1.54) is 37.8 Å². The normalized spacial score (nSPS) is 24.6. The van der Waals surface area contributed by atoms with Gasteiger partial charge in [-0.05, 0) is 50.1 Å². The van der Waals surface area contributed by atoms with Crippen molar-refractivity contribution in [3.63, 3.8) is 0 Å². The molecule has 1 aromatic rings. The summed E-state index contributed by atoms with van der Waals surface area (Å²) in [4.78, 5) is 0. The zero-order valence-corrected chi connectivity index (χ0v) is 11.0. The summed E-state index contributed by atoms with van der Waals surface area (Å²) in [6, 6.07) is 6.75. The van der Waals surface area contributed by atoms with Gasteiger partial charge < -0.3 is 10.1 Å². The fourth-order valence-electron chi connectivity index (χ4n) is 2.60. The second kappa shape index (κ2) is 6.74. The summed E-state index contributed by atoms with van der Waals surface area (Å²) in [6.45, 7) is 3.09. The Bertz CT molecular complexity index is 352. The lowest BCUT2D eigenvalue weighted by Gasteiger charge is -2.26. The van der Waals surface area contributed by atoms with E-state index < -0.39 is 0 Å². The van der Waals surface area contributed by atoms with Crippen LogP contribution in [0.1, 0.15) is 39.0 Å². The molecule has 0 saturated heterocycles. The van der Waals surface area contributed by atoms with Crippen molar-refractivity contribution in [2.24, 2.45) is 0 Å². The first-order chi connectivity index (χ1) is 8.79. The average molecular weight is 251 g/mol. The molecule has 0 heterocycles. The van der Waals surface area contributed by atoms with Crippen LogP contribution in [0.5, 0.6) is 5.75 Å². The highest BCUT2D eigenvalue weighted by Crippen LogP contribution is 2.23. The van der Waals surface area contributed by atoms with Gasteiger partial charge in [-0.15, -0.1) is 0 Å². The quantitative estimate of drug-likeness (QED) is 0.827. The first kappa shape index (κ1) is 13.3. The SMILES string of the molecule is CCNC1CCCCCC1Oc1ccc(F)cc1. The standard InChI is InChI=1S/C15H22FNO/c1-2-17-14-6-4-3-5-7-15(14)18-13-10-8-12(16)9-11-13/h8-11,14-15,17H,2-7H2,1H3. The number of hydrogen-bond donors (Lipinski definition) is 1. The van der Waals surface area contributed by atoms with E-state index in [4.69, 9.17) is 4.74 Å².